The van der Waals surface area contributed by atoms with Crippen molar-refractivity contribution in [3.8, 4) is 5.75 Å². The minimum atomic E-state index is -1.36. The SMILES string of the molecule is COC(=O)CC(NC(=O)CN1C(=O)NC(C)(c2ccc(OC)cc2)C1=O)c1ccc(F)cc1. The Bertz CT molecular complexity index is 1060. The lowest BCUT2D eigenvalue weighted by Gasteiger charge is -2.23. The highest BCUT2D eigenvalue weighted by molar-refractivity contribution is 6.09. The van der Waals surface area contributed by atoms with E-state index in [0.717, 1.165) is 4.90 Å². The summed E-state index contributed by atoms with van der Waals surface area (Å²) in [6.45, 7) is 0.987. The zero-order valence-corrected chi connectivity index (χ0v) is 18.4. The maximum Gasteiger partial charge on any atom is 0.325 e. The molecule has 0 aromatic heterocycles. The quantitative estimate of drug-likeness (QED) is 0.463. The van der Waals surface area contributed by atoms with Crippen molar-refractivity contribution >= 4 is 23.8 Å². The highest BCUT2D eigenvalue weighted by Gasteiger charge is 2.49. The topological polar surface area (TPSA) is 114 Å². The van der Waals surface area contributed by atoms with Crippen LogP contribution in [-0.4, -0.2) is 49.5 Å². The maximum atomic E-state index is 13.3. The van der Waals surface area contributed by atoms with E-state index in [9.17, 15) is 23.6 Å². The van der Waals surface area contributed by atoms with Gasteiger partial charge in [0.25, 0.3) is 5.91 Å². The molecule has 1 fully saturated rings. The molecule has 2 aromatic rings. The van der Waals surface area contributed by atoms with Crippen molar-refractivity contribution in [3.05, 3.63) is 65.5 Å². The Morgan fingerprint density at radius 2 is 1.73 bits per heavy atom. The molecule has 0 saturated carbocycles. The molecule has 0 bridgehead atoms. The van der Waals surface area contributed by atoms with Gasteiger partial charge in [-0.15, -0.1) is 0 Å². The summed E-state index contributed by atoms with van der Waals surface area (Å²) >= 11 is 0. The van der Waals surface area contributed by atoms with Gasteiger partial charge < -0.3 is 20.1 Å². The van der Waals surface area contributed by atoms with Crippen LogP contribution in [0.15, 0.2) is 48.5 Å². The predicted octanol–water partition coefficient (Wildman–Crippen LogP) is 2.02. The van der Waals surface area contributed by atoms with Gasteiger partial charge in [-0.1, -0.05) is 24.3 Å². The third kappa shape index (κ3) is 5.11. The van der Waals surface area contributed by atoms with Crippen molar-refractivity contribution in [1.82, 2.24) is 15.5 Å². The van der Waals surface area contributed by atoms with Crippen LogP contribution < -0.4 is 15.4 Å². The van der Waals surface area contributed by atoms with Crippen molar-refractivity contribution < 1.29 is 33.0 Å². The number of carbonyl (C=O) groups is 4. The first-order valence-corrected chi connectivity index (χ1v) is 10.1. The number of methoxy groups -OCH3 is 2. The standard InChI is InChI=1S/C23H24FN3O6/c1-23(15-6-10-17(32-2)11-7-15)21(30)27(22(31)26-23)13-19(28)25-18(12-20(29)33-3)14-4-8-16(24)9-5-14/h4-11,18H,12-13H2,1-3H3,(H,25,28)(H,26,31). The molecule has 2 N–H and O–H groups in total. The molecule has 10 heteroatoms. The Morgan fingerprint density at radius 3 is 2.30 bits per heavy atom. The normalized spacial score (nSPS) is 18.5. The van der Waals surface area contributed by atoms with Crippen molar-refractivity contribution in [3.63, 3.8) is 0 Å². The molecule has 1 saturated heterocycles. The molecule has 1 heterocycles. The van der Waals surface area contributed by atoms with Crippen LogP contribution in [0.2, 0.25) is 0 Å². The number of hydrogen-bond donors (Lipinski definition) is 2. The van der Waals surface area contributed by atoms with Crippen LogP contribution in [0.25, 0.3) is 0 Å². The summed E-state index contributed by atoms with van der Waals surface area (Å²) in [7, 11) is 2.72. The fourth-order valence-electron chi connectivity index (χ4n) is 3.54. The van der Waals surface area contributed by atoms with E-state index in [1.54, 1.807) is 31.2 Å². The fraction of sp³-hybridized carbons (Fsp3) is 0.304. The molecule has 2 unspecified atom stereocenters. The third-order valence-corrected chi connectivity index (χ3v) is 5.45. The van der Waals surface area contributed by atoms with Gasteiger partial charge >= 0.3 is 12.0 Å². The molecule has 1 aliphatic heterocycles. The summed E-state index contributed by atoms with van der Waals surface area (Å²) in [4.78, 5) is 50.9. The lowest BCUT2D eigenvalue weighted by molar-refractivity contribution is -0.141. The zero-order chi connectivity index (χ0) is 24.2. The van der Waals surface area contributed by atoms with E-state index in [1.165, 1.54) is 38.5 Å². The Labute approximate surface area is 189 Å². The van der Waals surface area contributed by atoms with E-state index in [-0.39, 0.29) is 6.42 Å². The van der Waals surface area contributed by atoms with E-state index < -0.39 is 47.8 Å². The molecule has 2 atom stereocenters. The van der Waals surface area contributed by atoms with Crippen LogP contribution in [0.5, 0.6) is 5.75 Å². The Morgan fingerprint density at radius 1 is 1.09 bits per heavy atom. The van der Waals surface area contributed by atoms with E-state index in [1.807, 2.05) is 0 Å². The Hall–Kier alpha value is -3.95. The number of hydrogen-bond acceptors (Lipinski definition) is 6. The number of nitrogens with one attached hydrogen (secondary N) is 2. The Balaban J connectivity index is 1.74. The predicted molar refractivity (Wildman–Crippen MR) is 115 cm³/mol. The molecular weight excluding hydrogens is 433 g/mol. The van der Waals surface area contributed by atoms with Gasteiger partial charge in [-0.2, -0.15) is 0 Å². The fourth-order valence-corrected chi connectivity index (χ4v) is 3.54. The van der Waals surface area contributed by atoms with Gasteiger partial charge in [-0.05, 0) is 42.3 Å². The molecule has 4 amide bonds. The summed E-state index contributed by atoms with van der Waals surface area (Å²) < 4.78 is 23.1. The second-order valence-electron chi connectivity index (χ2n) is 7.63. The van der Waals surface area contributed by atoms with Crippen LogP contribution in [0.4, 0.5) is 9.18 Å². The van der Waals surface area contributed by atoms with Gasteiger partial charge in [0.2, 0.25) is 5.91 Å². The first-order valence-electron chi connectivity index (χ1n) is 10.1. The van der Waals surface area contributed by atoms with Crippen molar-refractivity contribution in [2.45, 2.75) is 24.9 Å². The minimum Gasteiger partial charge on any atom is -0.497 e. The number of nitrogens with zero attached hydrogens (tertiary/aromatic N) is 1. The van der Waals surface area contributed by atoms with Gasteiger partial charge in [-0.25, -0.2) is 9.18 Å². The van der Waals surface area contributed by atoms with E-state index >= 15 is 0 Å². The molecule has 0 radical (unpaired) electrons. The first-order chi connectivity index (χ1) is 15.7. The van der Waals surface area contributed by atoms with Crippen LogP contribution in [0.3, 0.4) is 0 Å². The number of rotatable bonds is 8. The number of halogens is 1. The molecule has 0 spiro atoms. The lowest BCUT2D eigenvalue weighted by atomic mass is 9.92. The molecule has 9 nitrogen and oxygen atoms in total. The van der Waals surface area contributed by atoms with E-state index in [0.29, 0.717) is 16.9 Å². The van der Waals surface area contributed by atoms with Gasteiger partial charge in [0.15, 0.2) is 0 Å². The lowest BCUT2D eigenvalue weighted by Crippen LogP contribution is -2.44. The first kappa shape index (κ1) is 23.7. The van der Waals surface area contributed by atoms with Crippen molar-refractivity contribution in [1.29, 1.82) is 0 Å². The summed E-state index contributed by atoms with van der Waals surface area (Å²) in [5.74, 6) is -1.74. The van der Waals surface area contributed by atoms with Crippen LogP contribution in [0, 0.1) is 5.82 Å². The second kappa shape index (κ2) is 9.68. The average molecular weight is 457 g/mol. The molecule has 174 valence electrons. The highest BCUT2D eigenvalue weighted by Crippen LogP contribution is 2.30. The Kier molecular flexibility index (Phi) is 6.95. The summed E-state index contributed by atoms with van der Waals surface area (Å²) in [5.41, 5.74) is -0.360. The number of ether oxygens (including phenoxy) is 2. The van der Waals surface area contributed by atoms with Crippen molar-refractivity contribution in [2.24, 2.45) is 0 Å². The molecule has 0 aliphatic carbocycles. The molecular formula is C23H24FN3O6. The smallest absolute Gasteiger partial charge is 0.325 e. The number of esters is 1. The zero-order valence-electron chi connectivity index (χ0n) is 18.4. The van der Waals surface area contributed by atoms with Gasteiger partial charge in [0.05, 0.1) is 26.7 Å². The van der Waals surface area contributed by atoms with Gasteiger partial charge in [0.1, 0.15) is 23.7 Å². The van der Waals surface area contributed by atoms with E-state index in [2.05, 4.69) is 15.4 Å². The monoisotopic (exact) mass is 457 g/mol. The average Bonchev–Trinajstić information content (AvgIpc) is 3.02. The van der Waals surface area contributed by atoms with Gasteiger partial charge in [-0.3, -0.25) is 19.3 Å². The van der Waals surface area contributed by atoms with Crippen LogP contribution >= 0.6 is 0 Å². The number of urea groups is 1. The van der Waals surface area contributed by atoms with Crippen LogP contribution in [-0.2, 0) is 24.7 Å². The minimum absolute atomic E-state index is 0.211. The largest absolute Gasteiger partial charge is 0.497 e. The van der Waals surface area contributed by atoms with E-state index in [4.69, 9.17) is 4.74 Å². The van der Waals surface area contributed by atoms with Crippen LogP contribution in [0.1, 0.15) is 30.5 Å². The third-order valence-electron chi connectivity index (χ3n) is 5.45. The maximum absolute atomic E-state index is 13.3. The molecule has 2 aromatic carbocycles. The summed E-state index contributed by atoms with van der Waals surface area (Å²) in [6.07, 6.45) is -0.211. The molecule has 3 rings (SSSR count). The second-order valence-corrected chi connectivity index (χ2v) is 7.63. The molecule has 33 heavy (non-hydrogen) atoms. The number of imide groups is 1. The number of amides is 4. The summed E-state index contributed by atoms with van der Waals surface area (Å²) in [5, 5.41) is 5.24. The van der Waals surface area contributed by atoms with Crippen molar-refractivity contribution in [2.75, 3.05) is 20.8 Å². The van der Waals surface area contributed by atoms with Gasteiger partial charge in [0, 0.05) is 0 Å². The number of carbonyl (C=O) groups excluding carboxylic acids is 4. The number of benzene rings is 2. The highest BCUT2D eigenvalue weighted by atomic mass is 19.1. The molecule has 1 aliphatic rings. The summed E-state index contributed by atoms with van der Waals surface area (Å²) in [6, 6.07) is 10.3.